The molecule has 20 heavy (non-hydrogen) atoms. The Balaban J connectivity index is 2.28. The maximum atomic E-state index is 12.4. The van der Waals surface area contributed by atoms with E-state index in [-0.39, 0.29) is 11.5 Å². The molecule has 0 unspecified atom stereocenters. The summed E-state index contributed by atoms with van der Waals surface area (Å²) in [6, 6.07) is 8.70. The molecule has 0 aliphatic rings. The van der Waals surface area contributed by atoms with Crippen molar-refractivity contribution < 1.29 is 4.79 Å². The van der Waals surface area contributed by atoms with Gasteiger partial charge in [0.1, 0.15) is 0 Å². The van der Waals surface area contributed by atoms with Gasteiger partial charge in [-0.3, -0.25) is 9.78 Å². The molecule has 0 saturated carbocycles. The van der Waals surface area contributed by atoms with Gasteiger partial charge >= 0.3 is 0 Å². The van der Waals surface area contributed by atoms with Crippen LogP contribution in [0.15, 0.2) is 42.7 Å². The normalized spacial score (nSPS) is 11.2. The Morgan fingerprint density at radius 2 is 1.65 bits per heavy atom. The fraction of sp³-hybridized carbons (Fsp3) is 0.200. The molecular formula is C15H14Cl2N2O. The first-order valence-corrected chi connectivity index (χ1v) is 6.84. The lowest BCUT2D eigenvalue weighted by molar-refractivity contribution is 0.0912. The van der Waals surface area contributed by atoms with Gasteiger partial charge in [-0.15, -0.1) is 0 Å². The van der Waals surface area contributed by atoms with Crippen LogP contribution in [0.1, 0.15) is 29.8 Å². The molecule has 1 heterocycles. The van der Waals surface area contributed by atoms with Gasteiger partial charge in [0.05, 0.1) is 21.1 Å². The minimum Gasteiger partial charge on any atom is -0.343 e. The number of carbonyl (C=O) groups excluding carboxylic acids is 1. The first-order valence-electron chi connectivity index (χ1n) is 6.09. The Morgan fingerprint density at radius 1 is 1.10 bits per heavy atom. The Labute approximate surface area is 127 Å². The molecule has 5 heteroatoms. The molecule has 1 aromatic heterocycles. The number of halogens is 2. The van der Waals surface area contributed by atoms with Crippen LogP contribution in [-0.2, 0) is 5.54 Å². The number of rotatable bonds is 3. The molecule has 0 spiro atoms. The number of nitrogens with one attached hydrogen (secondary N) is 1. The maximum absolute atomic E-state index is 12.4. The van der Waals surface area contributed by atoms with Crippen molar-refractivity contribution in [3.63, 3.8) is 0 Å². The number of nitrogens with zero attached hydrogens (tertiary/aromatic N) is 1. The van der Waals surface area contributed by atoms with E-state index in [0.717, 1.165) is 5.56 Å². The predicted molar refractivity (Wildman–Crippen MR) is 81.2 cm³/mol. The van der Waals surface area contributed by atoms with Crippen LogP contribution in [0.5, 0.6) is 0 Å². The van der Waals surface area contributed by atoms with Crippen LogP contribution in [-0.4, -0.2) is 10.9 Å². The number of hydrogen-bond donors (Lipinski definition) is 1. The molecule has 0 bridgehead atoms. The number of pyridine rings is 1. The second kappa shape index (κ2) is 5.81. The summed E-state index contributed by atoms with van der Waals surface area (Å²) >= 11 is 12.1. The molecule has 2 aromatic rings. The van der Waals surface area contributed by atoms with Crippen LogP contribution in [0.4, 0.5) is 0 Å². The lowest BCUT2D eigenvalue weighted by Crippen LogP contribution is -2.41. The fourth-order valence-electron chi connectivity index (χ4n) is 1.90. The van der Waals surface area contributed by atoms with E-state index in [1.807, 2.05) is 26.0 Å². The molecule has 1 amide bonds. The number of carbonyl (C=O) groups is 1. The van der Waals surface area contributed by atoms with Gasteiger partial charge in [0.15, 0.2) is 0 Å². The summed E-state index contributed by atoms with van der Waals surface area (Å²) < 4.78 is 0. The van der Waals surface area contributed by atoms with Crippen molar-refractivity contribution in [2.45, 2.75) is 19.4 Å². The van der Waals surface area contributed by atoms with E-state index in [1.54, 1.807) is 30.6 Å². The second-order valence-electron chi connectivity index (χ2n) is 4.91. The highest BCUT2D eigenvalue weighted by molar-refractivity contribution is 6.39. The number of hydrogen-bond acceptors (Lipinski definition) is 2. The van der Waals surface area contributed by atoms with Crippen molar-refractivity contribution in [1.29, 1.82) is 0 Å². The van der Waals surface area contributed by atoms with Gasteiger partial charge in [-0.2, -0.15) is 0 Å². The lowest BCUT2D eigenvalue weighted by atomic mass is 9.95. The topological polar surface area (TPSA) is 42.0 Å². The maximum Gasteiger partial charge on any atom is 0.254 e. The summed E-state index contributed by atoms with van der Waals surface area (Å²) in [4.78, 5) is 16.3. The summed E-state index contributed by atoms with van der Waals surface area (Å²) in [6.07, 6.45) is 3.37. The van der Waals surface area contributed by atoms with Crippen LogP contribution in [0, 0.1) is 0 Å². The molecule has 0 aliphatic carbocycles. The van der Waals surface area contributed by atoms with E-state index in [1.165, 1.54) is 0 Å². The summed E-state index contributed by atoms with van der Waals surface area (Å²) in [6.45, 7) is 3.82. The quantitative estimate of drug-likeness (QED) is 0.929. The molecule has 3 nitrogen and oxygen atoms in total. The zero-order valence-electron chi connectivity index (χ0n) is 11.2. The molecule has 1 aromatic carbocycles. The van der Waals surface area contributed by atoms with Crippen molar-refractivity contribution in [1.82, 2.24) is 10.3 Å². The standard InChI is InChI=1S/C15H14Cl2N2O/c1-15(2,10-6-8-18-9-7-10)19-14(20)13-11(16)4-3-5-12(13)17/h3-9H,1-2H3,(H,19,20). The average molecular weight is 309 g/mol. The van der Waals surface area contributed by atoms with Crippen molar-refractivity contribution >= 4 is 29.1 Å². The first kappa shape index (κ1) is 14.8. The minimum atomic E-state index is -0.553. The Kier molecular flexibility index (Phi) is 4.31. The molecule has 1 N–H and O–H groups in total. The third kappa shape index (κ3) is 3.11. The predicted octanol–water partition coefficient (Wildman–Crippen LogP) is 4.05. The van der Waals surface area contributed by atoms with E-state index < -0.39 is 5.54 Å². The Morgan fingerprint density at radius 3 is 2.20 bits per heavy atom. The largest absolute Gasteiger partial charge is 0.343 e. The average Bonchev–Trinajstić information content (AvgIpc) is 2.39. The molecule has 0 fully saturated rings. The fourth-order valence-corrected chi connectivity index (χ4v) is 2.47. The number of amides is 1. The van der Waals surface area contributed by atoms with Crippen LogP contribution in [0.3, 0.4) is 0 Å². The number of benzene rings is 1. The van der Waals surface area contributed by atoms with Crippen molar-refractivity contribution in [2.24, 2.45) is 0 Å². The van der Waals surface area contributed by atoms with Gasteiger partial charge in [0.25, 0.3) is 5.91 Å². The summed E-state index contributed by atoms with van der Waals surface area (Å²) in [7, 11) is 0. The second-order valence-corrected chi connectivity index (χ2v) is 5.73. The van der Waals surface area contributed by atoms with Crippen molar-refractivity contribution in [3.05, 3.63) is 63.9 Å². The summed E-state index contributed by atoms with van der Waals surface area (Å²) in [5, 5.41) is 3.60. The van der Waals surface area contributed by atoms with Gasteiger partial charge in [0, 0.05) is 12.4 Å². The third-order valence-electron chi connectivity index (χ3n) is 3.02. The van der Waals surface area contributed by atoms with E-state index >= 15 is 0 Å². The van der Waals surface area contributed by atoms with Gasteiger partial charge in [0.2, 0.25) is 0 Å². The molecule has 0 aliphatic heterocycles. The molecular weight excluding hydrogens is 295 g/mol. The lowest BCUT2D eigenvalue weighted by Gasteiger charge is -2.27. The third-order valence-corrected chi connectivity index (χ3v) is 3.65. The molecule has 104 valence electrons. The van der Waals surface area contributed by atoms with Gasteiger partial charge in [-0.1, -0.05) is 29.3 Å². The first-order chi connectivity index (χ1) is 9.42. The molecule has 0 atom stereocenters. The highest BCUT2D eigenvalue weighted by atomic mass is 35.5. The highest BCUT2D eigenvalue weighted by Gasteiger charge is 2.25. The van der Waals surface area contributed by atoms with E-state index in [4.69, 9.17) is 23.2 Å². The smallest absolute Gasteiger partial charge is 0.254 e. The molecule has 2 rings (SSSR count). The SMILES string of the molecule is CC(C)(NC(=O)c1c(Cl)cccc1Cl)c1ccncc1. The monoisotopic (exact) mass is 308 g/mol. The van der Waals surface area contributed by atoms with Gasteiger partial charge < -0.3 is 5.32 Å². The summed E-state index contributed by atoms with van der Waals surface area (Å²) in [5.41, 5.74) is 0.685. The van der Waals surface area contributed by atoms with E-state index in [0.29, 0.717) is 10.0 Å². The molecule has 0 saturated heterocycles. The van der Waals surface area contributed by atoms with Crippen LogP contribution >= 0.6 is 23.2 Å². The minimum absolute atomic E-state index is 0.290. The van der Waals surface area contributed by atoms with Crippen LogP contribution < -0.4 is 5.32 Å². The summed E-state index contributed by atoms with van der Waals surface area (Å²) in [5.74, 6) is -0.303. The highest BCUT2D eigenvalue weighted by Crippen LogP contribution is 2.26. The van der Waals surface area contributed by atoms with Crippen molar-refractivity contribution in [3.8, 4) is 0 Å². The van der Waals surface area contributed by atoms with E-state index in [2.05, 4.69) is 10.3 Å². The zero-order chi connectivity index (χ0) is 14.8. The van der Waals surface area contributed by atoms with Crippen molar-refractivity contribution in [2.75, 3.05) is 0 Å². The molecule has 0 radical (unpaired) electrons. The van der Waals surface area contributed by atoms with E-state index in [9.17, 15) is 4.79 Å². The van der Waals surface area contributed by atoms with Crippen LogP contribution in [0.2, 0.25) is 10.0 Å². The zero-order valence-corrected chi connectivity index (χ0v) is 12.7. The van der Waals surface area contributed by atoms with Gasteiger partial charge in [-0.05, 0) is 43.7 Å². The Bertz CT molecular complexity index is 607. The number of aromatic nitrogens is 1. The van der Waals surface area contributed by atoms with Gasteiger partial charge in [-0.25, -0.2) is 0 Å². The van der Waals surface area contributed by atoms with Crippen LogP contribution in [0.25, 0.3) is 0 Å². The Hall–Kier alpha value is -1.58.